The molecule has 2 N–H and O–H groups in total. The smallest absolute Gasteiger partial charge is 0.161 e. The molecule has 86 valence electrons. The summed E-state index contributed by atoms with van der Waals surface area (Å²) in [5.41, 5.74) is 7.85. The van der Waals surface area contributed by atoms with Crippen molar-refractivity contribution < 1.29 is 4.74 Å². The summed E-state index contributed by atoms with van der Waals surface area (Å²) in [6, 6.07) is 9.31. The summed E-state index contributed by atoms with van der Waals surface area (Å²) in [5.74, 6) is 0. The minimum Gasteiger partial charge on any atom is -0.397 e. The van der Waals surface area contributed by atoms with Gasteiger partial charge in [0.25, 0.3) is 0 Å². The molecule has 1 atom stereocenters. The maximum atomic E-state index is 8.83. The number of rotatable bonds is 1. The highest BCUT2D eigenvalue weighted by Crippen LogP contribution is 2.25. The first-order chi connectivity index (χ1) is 8.24. The topological polar surface area (TPSA) is 86.1 Å². The Morgan fingerprint density at radius 2 is 2.24 bits per heavy atom. The molecule has 0 aromatic heterocycles. The van der Waals surface area contributed by atoms with E-state index in [0.717, 1.165) is 5.69 Å². The van der Waals surface area contributed by atoms with Crippen LogP contribution < -0.4 is 10.6 Å². The first kappa shape index (κ1) is 11.3. The molecule has 0 saturated carbocycles. The van der Waals surface area contributed by atoms with Crippen molar-refractivity contribution >= 4 is 11.4 Å². The van der Waals surface area contributed by atoms with Gasteiger partial charge in [-0.2, -0.15) is 10.5 Å². The van der Waals surface area contributed by atoms with Gasteiger partial charge in [0.2, 0.25) is 0 Å². The lowest BCUT2D eigenvalue weighted by molar-refractivity contribution is 0.0765. The van der Waals surface area contributed by atoms with E-state index in [9.17, 15) is 0 Å². The zero-order valence-corrected chi connectivity index (χ0v) is 9.26. The monoisotopic (exact) mass is 228 g/mol. The lowest BCUT2D eigenvalue weighted by atomic mass is 10.1. The minimum atomic E-state index is -0.418. The van der Waals surface area contributed by atoms with Crippen LogP contribution in [0.3, 0.4) is 0 Å². The van der Waals surface area contributed by atoms with E-state index in [1.807, 2.05) is 17.0 Å². The first-order valence-corrected chi connectivity index (χ1v) is 5.30. The van der Waals surface area contributed by atoms with E-state index in [4.69, 9.17) is 21.0 Å². The first-order valence-electron chi connectivity index (χ1n) is 5.30. The predicted molar refractivity (Wildman–Crippen MR) is 63.1 cm³/mol. The van der Waals surface area contributed by atoms with Crippen LogP contribution in [0.15, 0.2) is 18.2 Å². The van der Waals surface area contributed by atoms with Crippen molar-refractivity contribution in [3.05, 3.63) is 23.8 Å². The Hall–Kier alpha value is -2.24. The summed E-state index contributed by atoms with van der Waals surface area (Å²) >= 11 is 0. The van der Waals surface area contributed by atoms with Gasteiger partial charge in [0.05, 0.1) is 42.2 Å². The van der Waals surface area contributed by atoms with Crippen LogP contribution in [0.2, 0.25) is 0 Å². The summed E-state index contributed by atoms with van der Waals surface area (Å²) in [4.78, 5) is 2.01. The summed E-state index contributed by atoms with van der Waals surface area (Å²) in [5, 5.41) is 17.6. The van der Waals surface area contributed by atoms with Crippen LogP contribution >= 0.6 is 0 Å². The second-order valence-corrected chi connectivity index (χ2v) is 3.82. The number of ether oxygens (including phenoxy) is 1. The molecule has 17 heavy (non-hydrogen) atoms. The fraction of sp³-hybridized carbons (Fsp3) is 0.333. The Morgan fingerprint density at radius 1 is 1.41 bits per heavy atom. The maximum absolute atomic E-state index is 8.83. The second kappa shape index (κ2) is 4.73. The van der Waals surface area contributed by atoms with Crippen LogP contribution in [-0.2, 0) is 4.74 Å². The minimum absolute atomic E-state index is 0.418. The Balaban J connectivity index is 2.23. The summed E-state index contributed by atoms with van der Waals surface area (Å²) < 4.78 is 5.27. The van der Waals surface area contributed by atoms with Crippen molar-refractivity contribution in [1.82, 2.24) is 0 Å². The van der Waals surface area contributed by atoms with E-state index in [-0.39, 0.29) is 0 Å². The van der Waals surface area contributed by atoms with Gasteiger partial charge < -0.3 is 15.4 Å². The van der Waals surface area contributed by atoms with E-state index in [0.29, 0.717) is 30.9 Å². The third-order valence-electron chi connectivity index (χ3n) is 2.71. The van der Waals surface area contributed by atoms with Gasteiger partial charge >= 0.3 is 0 Å². The van der Waals surface area contributed by atoms with Crippen molar-refractivity contribution in [1.29, 1.82) is 10.5 Å². The normalized spacial score (nSPS) is 19.4. The van der Waals surface area contributed by atoms with Gasteiger partial charge in [0, 0.05) is 6.54 Å². The average molecular weight is 228 g/mol. The highest BCUT2D eigenvalue weighted by Gasteiger charge is 2.21. The molecule has 0 spiro atoms. The number of hydrogen-bond donors (Lipinski definition) is 1. The summed E-state index contributed by atoms with van der Waals surface area (Å²) in [6.45, 7) is 1.72. The molecule has 1 unspecified atom stereocenters. The molecule has 1 fully saturated rings. The molecule has 1 aromatic carbocycles. The van der Waals surface area contributed by atoms with Gasteiger partial charge in [-0.1, -0.05) is 0 Å². The lowest BCUT2D eigenvalue weighted by Gasteiger charge is -2.32. The number of nitrogens with two attached hydrogens (primary N) is 1. The second-order valence-electron chi connectivity index (χ2n) is 3.82. The molecule has 2 rings (SSSR count). The van der Waals surface area contributed by atoms with Gasteiger partial charge in [0.1, 0.15) is 0 Å². The van der Waals surface area contributed by atoms with Gasteiger partial charge in [-0.25, -0.2) is 0 Å². The number of nitriles is 2. The molecule has 5 heteroatoms. The van der Waals surface area contributed by atoms with Crippen molar-refractivity contribution in [2.75, 3.05) is 30.3 Å². The number of benzene rings is 1. The van der Waals surface area contributed by atoms with Crippen molar-refractivity contribution in [3.63, 3.8) is 0 Å². The van der Waals surface area contributed by atoms with E-state index in [1.54, 1.807) is 12.1 Å². The number of anilines is 2. The van der Waals surface area contributed by atoms with E-state index in [1.165, 1.54) is 0 Å². The molecule has 5 nitrogen and oxygen atoms in total. The van der Waals surface area contributed by atoms with Crippen molar-refractivity contribution in [2.45, 2.75) is 6.10 Å². The highest BCUT2D eigenvalue weighted by molar-refractivity contribution is 5.69. The lowest BCUT2D eigenvalue weighted by Crippen LogP contribution is -2.42. The van der Waals surface area contributed by atoms with Gasteiger partial charge in [-0.3, -0.25) is 0 Å². The van der Waals surface area contributed by atoms with Crippen molar-refractivity contribution in [2.24, 2.45) is 0 Å². The summed E-state index contributed by atoms with van der Waals surface area (Å²) in [7, 11) is 0. The Labute approximate surface area is 99.6 Å². The van der Waals surface area contributed by atoms with Crippen LogP contribution in [0.5, 0.6) is 0 Å². The number of nitrogen functional groups attached to an aromatic ring is 1. The largest absolute Gasteiger partial charge is 0.397 e. The molecular formula is C12H12N4O. The standard InChI is InChI=1S/C12H12N4O/c13-6-9-1-2-12(11(15)5-9)16-3-4-17-10(7-14)8-16/h1-2,5,10H,3-4,8,15H2. The zero-order chi connectivity index (χ0) is 12.3. The number of nitrogens with zero attached hydrogens (tertiary/aromatic N) is 3. The third kappa shape index (κ3) is 2.30. The van der Waals surface area contributed by atoms with Gasteiger partial charge in [-0.05, 0) is 18.2 Å². The highest BCUT2D eigenvalue weighted by atomic mass is 16.5. The number of morpholine rings is 1. The molecule has 0 bridgehead atoms. The Kier molecular flexibility index (Phi) is 3.13. The molecule has 1 aliphatic rings. The maximum Gasteiger partial charge on any atom is 0.161 e. The fourth-order valence-electron chi connectivity index (χ4n) is 1.86. The summed E-state index contributed by atoms with van der Waals surface area (Å²) in [6.07, 6.45) is -0.418. The molecule has 0 amide bonds. The molecule has 1 aromatic rings. The fourth-order valence-corrected chi connectivity index (χ4v) is 1.86. The molecular weight excluding hydrogens is 216 g/mol. The predicted octanol–water partition coefficient (Wildman–Crippen LogP) is 0.869. The Morgan fingerprint density at radius 3 is 2.88 bits per heavy atom. The van der Waals surface area contributed by atoms with Crippen LogP contribution in [0, 0.1) is 22.7 Å². The van der Waals surface area contributed by atoms with Gasteiger partial charge in [-0.15, -0.1) is 0 Å². The quantitative estimate of drug-likeness (QED) is 0.721. The van der Waals surface area contributed by atoms with Gasteiger partial charge in [0.15, 0.2) is 6.10 Å². The van der Waals surface area contributed by atoms with Crippen LogP contribution in [0.25, 0.3) is 0 Å². The van der Waals surface area contributed by atoms with E-state index in [2.05, 4.69) is 6.07 Å². The SMILES string of the molecule is N#Cc1ccc(N2CCOC(C#N)C2)c(N)c1. The third-order valence-corrected chi connectivity index (χ3v) is 2.71. The van der Waals surface area contributed by atoms with Crippen LogP contribution in [0.1, 0.15) is 5.56 Å². The molecule has 0 radical (unpaired) electrons. The van der Waals surface area contributed by atoms with Crippen LogP contribution in [-0.4, -0.2) is 25.8 Å². The molecule has 1 aliphatic heterocycles. The average Bonchev–Trinajstić information content (AvgIpc) is 2.38. The van der Waals surface area contributed by atoms with E-state index >= 15 is 0 Å². The Bertz CT molecular complexity index is 500. The van der Waals surface area contributed by atoms with E-state index < -0.39 is 6.10 Å². The zero-order valence-electron chi connectivity index (χ0n) is 9.26. The van der Waals surface area contributed by atoms with Crippen LogP contribution in [0.4, 0.5) is 11.4 Å². The molecule has 0 aliphatic carbocycles. The molecule has 1 saturated heterocycles. The number of hydrogen-bond acceptors (Lipinski definition) is 5. The van der Waals surface area contributed by atoms with Crippen molar-refractivity contribution in [3.8, 4) is 12.1 Å². The molecule has 1 heterocycles.